The molecule has 0 aromatic heterocycles. The Labute approximate surface area is 96.9 Å². The minimum absolute atomic E-state index is 0.233. The second kappa shape index (κ2) is 6.11. The summed E-state index contributed by atoms with van der Waals surface area (Å²) in [7, 11) is 0. The summed E-state index contributed by atoms with van der Waals surface area (Å²) in [6.07, 6.45) is 2.96. The van der Waals surface area contributed by atoms with E-state index in [0.717, 1.165) is 17.6 Å². The molecular formula is C14H18O2. The van der Waals surface area contributed by atoms with E-state index >= 15 is 0 Å². The van der Waals surface area contributed by atoms with Gasteiger partial charge in [0.15, 0.2) is 0 Å². The van der Waals surface area contributed by atoms with E-state index in [9.17, 15) is 4.79 Å². The maximum atomic E-state index is 10.7. The Hall–Kier alpha value is -1.57. The van der Waals surface area contributed by atoms with Crippen molar-refractivity contribution in [3.63, 3.8) is 0 Å². The fourth-order valence-corrected chi connectivity index (χ4v) is 1.34. The summed E-state index contributed by atoms with van der Waals surface area (Å²) >= 11 is 0. The molecule has 0 spiro atoms. The number of aryl methyl sites for hydroxylation is 1. The molecule has 0 radical (unpaired) electrons. The normalized spacial score (nSPS) is 11.3. The lowest BCUT2D eigenvalue weighted by atomic mass is 10.1. The minimum Gasteiger partial charge on any atom is -0.461 e. The van der Waals surface area contributed by atoms with E-state index < -0.39 is 0 Å². The third-order valence-electron chi connectivity index (χ3n) is 2.36. The van der Waals surface area contributed by atoms with Gasteiger partial charge in [0.25, 0.3) is 0 Å². The van der Waals surface area contributed by atoms with Gasteiger partial charge in [-0.3, -0.25) is 4.79 Å². The van der Waals surface area contributed by atoms with E-state index in [-0.39, 0.29) is 5.97 Å². The standard InChI is InChI=1S/C14H18O2/c1-4-13(10-16-12(3)15)9-14-7-5-11(2)6-8-14/h5-9H,4,10H2,1-3H3. The highest BCUT2D eigenvalue weighted by molar-refractivity contribution is 5.66. The molecule has 0 unspecified atom stereocenters. The smallest absolute Gasteiger partial charge is 0.302 e. The summed E-state index contributed by atoms with van der Waals surface area (Å²) in [6, 6.07) is 8.29. The second-order valence-electron chi connectivity index (χ2n) is 3.85. The van der Waals surface area contributed by atoms with Gasteiger partial charge in [0, 0.05) is 6.92 Å². The van der Waals surface area contributed by atoms with Crippen molar-refractivity contribution in [1.82, 2.24) is 0 Å². The number of carbonyl (C=O) groups excluding carboxylic acids is 1. The predicted molar refractivity (Wildman–Crippen MR) is 66.1 cm³/mol. The quantitative estimate of drug-likeness (QED) is 0.724. The molecule has 0 fully saturated rings. The Morgan fingerprint density at radius 3 is 2.44 bits per heavy atom. The van der Waals surface area contributed by atoms with Crippen LogP contribution < -0.4 is 0 Å². The van der Waals surface area contributed by atoms with Crippen LogP contribution >= 0.6 is 0 Å². The van der Waals surface area contributed by atoms with Crippen LogP contribution in [0.4, 0.5) is 0 Å². The third kappa shape index (κ3) is 4.30. The van der Waals surface area contributed by atoms with Gasteiger partial charge in [0.05, 0.1) is 0 Å². The molecule has 16 heavy (non-hydrogen) atoms. The van der Waals surface area contributed by atoms with Gasteiger partial charge in [-0.25, -0.2) is 0 Å². The summed E-state index contributed by atoms with van der Waals surface area (Å²) in [5, 5.41) is 0. The molecule has 0 saturated carbocycles. The first-order chi connectivity index (χ1) is 7.61. The zero-order chi connectivity index (χ0) is 12.0. The number of hydrogen-bond acceptors (Lipinski definition) is 2. The lowest BCUT2D eigenvalue weighted by Gasteiger charge is -2.05. The van der Waals surface area contributed by atoms with Crippen LogP contribution in [0, 0.1) is 6.92 Å². The molecule has 0 bridgehead atoms. The highest BCUT2D eigenvalue weighted by Gasteiger charge is 1.98. The van der Waals surface area contributed by atoms with E-state index in [1.807, 2.05) is 0 Å². The van der Waals surface area contributed by atoms with Crippen molar-refractivity contribution in [2.24, 2.45) is 0 Å². The van der Waals surface area contributed by atoms with Crippen LogP contribution in [0.2, 0.25) is 0 Å². The van der Waals surface area contributed by atoms with Gasteiger partial charge < -0.3 is 4.74 Å². The highest BCUT2D eigenvalue weighted by Crippen LogP contribution is 2.11. The molecule has 2 nitrogen and oxygen atoms in total. The molecule has 86 valence electrons. The molecule has 0 saturated heterocycles. The zero-order valence-corrected chi connectivity index (χ0v) is 10.1. The van der Waals surface area contributed by atoms with Gasteiger partial charge in [-0.2, -0.15) is 0 Å². The summed E-state index contributed by atoms with van der Waals surface area (Å²) < 4.78 is 4.98. The van der Waals surface area contributed by atoms with Gasteiger partial charge in [0.2, 0.25) is 0 Å². The van der Waals surface area contributed by atoms with Crippen molar-refractivity contribution >= 4 is 12.0 Å². The second-order valence-corrected chi connectivity index (χ2v) is 3.85. The molecule has 0 amide bonds. The lowest BCUT2D eigenvalue weighted by molar-refractivity contribution is -0.139. The molecular weight excluding hydrogens is 200 g/mol. The number of hydrogen-bond donors (Lipinski definition) is 0. The van der Waals surface area contributed by atoms with Gasteiger partial charge in [-0.15, -0.1) is 0 Å². The first-order valence-corrected chi connectivity index (χ1v) is 5.51. The van der Waals surface area contributed by atoms with E-state index in [1.54, 1.807) is 0 Å². The topological polar surface area (TPSA) is 26.3 Å². The van der Waals surface area contributed by atoms with Crippen molar-refractivity contribution in [1.29, 1.82) is 0 Å². The van der Waals surface area contributed by atoms with E-state index in [0.29, 0.717) is 6.61 Å². The summed E-state index contributed by atoms with van der Waals surface area (Å²) in [5.41, 5.74) is 3.52. The van der Waals surface area contributed by atoms with Gasteiger partial charge in [-0.05, 0) is 24.5 Å². The molecule has 0 aliphatic carbocycles. The Morgan fingerprint density at radius 1 is 1.31 bits per heavy atom. The maximum Gasteiger partial charge on any atom is 0.302 e. The predicted octanol–water partition coefficient (Wildman–Crippen LogP) is 3.35. The Kier molecular flexibility index (Phi) is 4.77. The van der Waals surface area contributed by atoms with Crippen LogP contribution in [0.1, 0.15) is 31.4 Å². The molecule has 1 aromatic rings. The SMILES string of the molecule is CCC(=Cc1ccc(C)cc1)COC(C)=O. The van der Waals surface area contributed by atoms with Crippen LogP contribution in [0.3, 0.4) is 0 Å². The number of carbonyl (C=O) groups is 1. The third-order valence-corrected chi connectivity index (χ3v) is 2.36. The maximum absolute atomic E-state index is 10.7. The Balaban J connectivity index is 2.71. The van der Waals surface area contributed by atoms with Crippen molar-refractivity contribution in [2.45, 2.75) is 27.2 Å². The van der Waals surface area contributed by atoms with E-state index in [4.69, 9.17) is 4.74 Å². The fraction of sp³-hybridized carbons (Fsp3) is 0.357. The summed E-state index contributed by atoms with van der Waals surface area (Å²) in [4.78, 5) is 10.7. The van der Waals surface area contributed by atoms with E-state index in [1.165, 1.54) is 12.5 Å². The molecule has 0 N–H and O–H groups in total. The fourth-order valence-electron chi connectivity index (χ4n) is 1.34. The van der Waals surface area contributed by atoms with Gasteiger partial charge in [-0.1, -0.05) is 42.8 Å². The first kappa shape index (κ1) is 12.5. The van der Waals surface area contributed by atoms with Crippen molar-refractivity contribution < 1.29 is 9.53 Å². The molecule has 0 atom stereocenters. The minimum atomic E-state index is -0.233. The largest absolute Gasteiger partial charge is 0.461 e. The summed E-state index contributed by atoms with van der Waals surface area (Å²) in [5.74, 6) is -0.233. The summed E-state index contributed by atoms with van der Waals surface area (Å²) in [6.45, 7) is 5.94. The molecule has 2 heteroatoms. The first-order valence-electron chi connectivity index (χ1n) is 5.51. The van der Waals surface area contributed by atoms with Crippen LogP contribution in [-0.2, 0) is 9.53 Å². The van der Waals surface area contributed by atoms with Gasteiger partial charge in [0.1, 0.15) is 6.61 Å². The molecule has 1 aromatic carbocycles. The van der Waals surface area contributed by atoms with Crippen molar-refractivity contribution in [2.75, 3.05) is 6.61 Å². The zero-order valence-electron chi connectivity index (χ0n) is 10.1. The van der Waals surface area contributed by atoms with Crippen LogP contribution in [0.15, 0.2) is 29.8 Å². The Morgan fingerprint density at radius 2 is 1.94 bits per heavy atom. The average Bonchev–Trinajstić information content (AvgIpc) is 2.26. The van der Waals surface area contributed by atoms with E-state index in [2.05, 4.69) is 44.2 Å². The van der Waals surface area contributed by atoms with Crippen LogP contribution in [-0.4, -0.2) is 12.6 Å². The number of benzene rings is 1. The van der Waals surface area contributed by atoms with Gasteiger partial charge >= 0.3 is 5.97 Å². The lowest BCUT2D eigenvalue weighted by Crippen LogP contribution is -2.02. The molecule has 0 heterocycles. The number of ether oxygens (including phenoxy) is 1. The monoisotopic (exact) mass is 218 g/mol. The average molecular weight is 218 g/mol. The highest BCUT2D eigenvalue weighted by atomic mass is 16.5. The Bertz CT molecular complexity index is 374. The molecule has 0 aliphatic rings. The van der Waals surface area contributed by atoms with Crippen molar-refractivity contribution in [3.8, 4) is 0 Å². The van der Waals surface area contributed by atoms with Crippen LogP contribution in [0.5, 0.6) is 0 Å². The van der Waals surface area contributed by atoms with Crippen LogP contribution in [0.25, 0.3) is 6.08 Å². The molecule has 0 aliphatic heterocycles. The number of esters is 1. The van der Waals surface area contributed by atoms with Crippen molar-refractivity contribution in [3.05, 3.63) is 41.0 Å². The molecule has 1 rings (SSSR count). The number of rotatable bonds is 4.